The van der Waals surface area contributed by atoms with Gasteiger partial charge < -0.3 is 16.2 Å². The maximum Gasteiger partial charge on any atom is 0.251 e. The molecule has 2 aromatic carbocycles. The van der Waals surface area contributed by atoms with Gasteiger partial charge in [-0.2, -0.15) is 4.98 Å². The molecule has 0 saturated carbocycles. The standard InChI is InChI=1S/C23H21F2N5O2/c1-13-10-19(25)18(15-7-9-30-21(11-15)28-23(26)29-30)12-17(13)22(32)27-8-6-20(31)14-2-4-16(24)5-3-14/h2-5,7,9-12,20,31H,6,8H2,1H3,(H2,26,29)(H,27,32). The number of halogens is 2. The van der Waals surface area contributed by atoms with Crippen molar-refractivity contribution in [3.05, 3.63) is 83.1 Å². The van der Waals surface area contributed by atoms with Gasteiger partial charge in [0.05, 0.1) is 6.10 Å². The lowest BCUT2D eigenvalue weighted by atomic mass is 9.99. The average molecular weight is 437 g/mol. The first-order chi connectivity index (χ1) is 15.3. The Balaban J connectivity index is 1.50. The van der Waals surface area contributed by atoms with Gasteiger partial charge in [0.2, 0.25) is 5.95 Å². The minimum Gasteiger partial charge on any atom is -0.388 e. The summed E-state index contributed by atoms with van der Waals surface area (Å²) in [5.41, 5.74) is 8.20. The van der Waals surface area contributed by atoms with Crippen molar-refractivity contribution in [2.45, 2.75) is 19.4 Å². The van der Waals surface area contributed by atoms with Gasteiger partial charge in [0.1, 0.15) is 11.6 Å². The van der Waals surface area contributed by atoms with Crippen molar-refractivity contribution in [1.82, 2.24) is 19.9 Å². The smallest absolute Gasteiger partial charge is 0.251 e. The largest absolute Gasteiger partial charge is 0.388 e. The van der Waals surface area contributed by atoms with Crippen molar-refractivity contribution in [3.63, 3.8) is 0 Å². The Morgan fingerprint density at radius 1 is 1.19 bits per heavy atom. The van der Waals surface area contributed by atoms with E-state index in [0.29, 0.717) is 27.9 Å². The Kier molecular flexibility index (Phi) is 5.83. The first kappa shape index (κ1) is 21.4. The Bertz CT molecular complexity index is 1290. The number of rotatable bonds is 6. The number of benzene rings is 2. The van der Waals surface area contributed by atoms with E-state index in [9.17, 15) is 18.7 Å². The number of pyridine rings is 1. The van der Waals surface area contributed by atoms with Crippen LogP contribution in [0.4, 0.5) is 14.7 Å². The van der Waals surface area contributed by atoms with Crippen molar-refractivity contribution in [2.24, 2.45) is 0 Å². The first-order valence-electron chi connectivity index (χ1n) is 9.96. The number of nitrogens with zero attached hydrogens (tertiary/aromatic N) is 3. The number of aliphatic hydroxyl groups excluding tert-OH is 1. The number of anilines is 1. The number of carbonyl (C=O) groups excluding carboxylic acids is 1. The molecule has 0 aliphatic carbocycles. The highest BCUT2D eigenvalue weighted by Gasteiger charge is 2.16. The molecule has 4 rings (SSSR count). The molecule has 1 amide bonds. The summed E-state index contributed by atoms with van der Waals surface area (Å²) in [6.07, 6.45) is 1.02. The summed E-state index contributed by atoms with van der Waals surface area (Å²) in [5, 5.41) is 17.0. The van der Waals surface area contributed by atoms with Crippen molar-refractivity contribution in [1.29, 1.82) is 0 Å². The molecule has 0 fully saturated rings. The minimum atomic E-state index is -0.844. The molecular weight excluding hydrogens is 416 g/mol. The minimum absolute atomic E-state index is 0.106. The van der Waals surface area contributed by atoms with Crippen molar-refractivity contribution in [3.8, 4) is 11.1 Å². The summed E-state index contributed by atoms with van der Waals surface area (Å²) in [6, 6.07) is 11.6. The normalized spacial score (nSPS) is 12.1. The fourth-order valence-corrected chi connectivity index (χ4v) is 3.47. The van der Waals surface area contributed by atoms with Gasteiger partial charge in [0.25, 0.3) is 5.91 Å². The molecular formula is C23H21F2N5O2. The molecule has 32 heavy (non-hydrogen) atoms. The predicted octanol–water partition coefficient (Wildman–Crippen LogP) is 3.42. The highest BCUT2D eigenvalue weighted by molar-refractivity contribution is 5.97. The van der Waals surface area contributed by atoms with Crippen molar-refractivity contribution >= 4 is 17.5 Å². The van der Waals surface area contributed by atoms with Gasteiger partial charge in [-0.25, -0.2) is 13.3 Å². The number of amides is 1. The number of hydrogen-bond donors (Lipinski definition) is 3. The fraction of sp³-hybridized carbons (Fsp3) is 0.174. The van der Waals surface area contributed by atoms with Gasteiger partial charge in [-0.3, -0.25) is 4.79 Å². The van der Waals surface area contributed by atoms with Crippen LogP contribution in [-0.4, -0.2) is 32.2 Å². The topological polar surface area (TPSA) is 106 Å². The van der Waals surface area contributed by atoms with Crippen LogP contribution >= 0.6 is 0 Å². The fourth-order valence-electron chi connectivity index (χ4n) is 3.47. The molecule has 0 aliphatic rings. The van der Waals surface area contributed by atoms with E-state index in [-0.39, 0.29) is 36.2 Å². The molecule has 4 aromatic rings. The summed E-state index contributed by atoms with van der Waals surface area (Å²) >= 11 is 0. The molecule has 164 valence electrons. The molecule has 0 radical (unpaired) electrons. The van der Waals surface area contributed by atoms with Gasteiger partial charge in [0, 0.05) is 23.9 Å². The second-order valence-electron chi connectivity index (χ2n) is 7.45. The van der Waals surface area contributed by atoms with E-state index in [1.165, 1.54) is 40.9 Å². The van der Waals surface area contributed by atoms with Crippen LogP contribution < -0.4 is 11.1 Å². The van der Waals surface area contributed by atoms with Crippen molar-refractivity contribution in [2.75, 3.05) is 12.3 Å². The van der Waals surface area contributed by atoms with E-state index < -0.39 is 11.9 Å². The summed E-state index contributed by atoms with van der Waals surface area (Å²) < 4.78 is 29.2. The predicted molar refractivity (Wildman–Crippen MR) is 116 cm³/mol. The zero-order valence-corrected chi connectivity index (χ0v) is 17.2. The van der Waals surface area contributed by atoms with Crippen LogP contribution in [0.3, 0.4) is 0 Å². The highest BCUT2D eigenvalue weighted by Crippen LogP contribution is 2.27. The number of aromatic nitrogens is 3. The maximum atomic E-state index is 14.7. The third-order valence-electron chi connectivity index (χ3n) is 5.18. The Morgan fingerprint density at radius 2 is 1.94 bits per heavy atom. The lowest BCUT2D eigenvalue weighted by Crippen LogP contribution is -2.26. The van der Waals surface area contributed by atoms with Crippen molar-refractivity contribution < 1.29 is 18.7 Å². The molecule has 7 nitrogen and oxygen atoms in total. The second-order valence-corrected chi connectivity index (χ2v) is 7.45. The molecule has 4 N–H and O–H groups in total. The Labute approximate surface area is 182 Å². The van der Waals surface area contributed by atoms with Crippen LogP contribution in [0.25, 0.3) is 16.8 Å². The van der Waals surface area contributed by atoms with E-state index in [1.54, 1.807) is 25.3 Å². The van der Waals surface area contributed by atoms with E-state index in [0.717, 1.165) is 0 Å². The van der Waals surface area contributed by atoms with Gasteiger partial charge in [0.15, 0.2) is 5.65 Å². The molecule has 9 heteroatoms. The quantitative estimate of drug-likeness (QED) is 0.429. The number of carbonyl (C=O) groups is 1. The summed E-state index contributed by atoms with van der Waals surface area (Å²) in [4.78, 5) is 16.8. The molecule has 1 atom stereocenters. The second kappa shape index (κ2) is 8.72. The SMILES string of the molecule is Cc1cc(F)c(-c2ccn3nc(N)nc3c2)cc1C(=O)NCCC(O)c1ccc(F)cc1. The van der Waals surface area contributed by atoms with E-state index in [4.69, 9.17) is 5.73 Å². The van der Waals surface area contributed by atoms with Crippen LogP contribution in [0, 0.1) is 18.6 Å². The number of nitrogen functional groups attached to an aromatic ring is 1. The van der Waals surface area contributed by atoms with E-state index >= 15 is 0 Å². The monoisotopic (exact) mass is 437 g/mol. The molecule has 0 spiro atoms. The van der Waals surface area contributed by atoms with Crippen LogP contribution in [-0.2, 0) is 0 Å². The number of aliphatic hydroxyl groups is 1. The number of nitrogens with one attached hydrogen (secondary N) is 1. The molecule has 1 unspecified atom stereocenters. The van der Waals surface area contributed by atoms with Crippen LogP contribution in [0.2, 0.25) is 0 Å². The third-order valence-corrected chi connectivity index (χ3v) is 5.18. The van der Waals surface area contributed by atoms with Gasteiger partial charge in [-0.1, -0.05) is 12.1 Å². The zero-order chi connectivity index (χ0) is 22.8. The lowest BCUT2D eigenvalue weighted by molar-refractivity contribution is 0.0942. The highest BCUT2D eigenvalue weighted by atomic mass is 19.1. The molecule has 0 bridgehead atoms. The van der Waals surface area contributed by atoms with Crippen LogP contribution in [0.15, 0.2) is 54.7 Å². The number of fused-ring (bicyclic) bond motifs is 1. The zero-order valence-electron chi connectivity index (χ0n) is 17.2. The lowest BCUT2D eigenvalue weighted by Gasteiger charge is -2.14. The first-order valence-corrected chi connectivity index (χ1v) is 9.96. The summed E-state index contributed by atoms with van der Waals surface area (Å²) in [5.74, 6) is -1.14. The van der Waals surface area contributed by atoms with E-state index in [1.807, 2.05) is 0 Å². The number of aryl methyl sites for hydroxylation is 1. The van der Waals surface area contributed by atoms with Gasteiger partial charge in [-0.15, -0.1) is 5.10 Å². The molecule has 0 saturated heterocycles. The Morgan fingerprint density at radius 3 is 2.69 bits per heavy atom. The maximum absolute atomic E-state index is 14.7. The summed E-state index contributed by atoms with van der Waals surface area (Å²) in [7, 11) is 0. The number of nitrogens with two attached hydrogens (primary N) is 1. The van der Waals surface area contributed by atoms with Gasteiger partial charge >= 0.3 is 0 Å². The van der Waals surface area contributed by atoms with Crippen LogP contribution in [0.5, 0.6) is 0 Å². The Hall–Kier alpha value is -3.85. The van der Waals surface area contributed by atoms with Crippen LogP contribution in [0.1, 0.15) is 34.0 Å². The molecule has 2 heterocycles. The average Bonchev–Trinajstić information content (AvgIpc) is 3.13. The number of hydrogen-bond acceptors (Lipinski definition) is 5. The summed E-state index contributed by atoms with van der Waals surface area (Å²) in [6.45, 7) is 1.84. The van der Waals surface area contributed by atoms with Gasteiger partial charge in [-0.05, 0) is 66.4 Å². The third kappa shape index (κ3) is 4.42. The van der Waals surface area contributed by atoms with E-state index in [2.05, 4.69) is 15.4 Å². The molecule has 0 aliphatic heterocycles. The molecule has 2 aromatic heterocycles.